The molecule has 22 heavy (non-hydrogen) atoms. The van der Waals surface area contributed by atoms with Gasteiger partial charge in [-0.05, 0) is 28.6 Å². The Hall–Kier alpha value is -2.82. The van der Waals surface area contributed by atoms with E-state index in [0.29, 0.717) is 0 Å². The first kappa shape index (κ1) is 15.6. The molecule has 0 aliphatic carbocycles. The molecule has 0 fully saturated rings. The van der Waals surface area contributed by atoms with E-state index in [-0.39, 0.29) is 22.0 Å². The van der Waals surface area contributed by atoms with Crippen molar-refractivity contribution in [3.05, 3.63) is 29.3 Å². The molecule has 0 atom stereocenters. The molecule has 0 saturated carbocycles. The van der Waals surface area contributed by atoms with Crippen LogP contribution in [0.4, 0.5) is 5.95 Å². The van der Waals surface area contributed by atoms with Gasteiger partial charge in [0.05, 0.1) is 10.5 Å². The molecular formula is C11H12N6O4S. The Labute approximate surface area is 125 Å². The van der Waals surface area contributed by atoms with Crippen LogP contribution in [-0.4, -0.2) is 46.7 Å². The van der Waals surface area contributed by atoms with Crippen LogP contribution in [0, 0.1) is 0 Å². The number of amides is 2. The highest BCUT2D eigenvalue weighted by atomic mass is 32.2. The lowest BCUT2D eigenvalue weighted by Crippen LogP contribution is -2.20. The number of primary amides is 1. The van der Waals surface area contributed by atoms with E-state index in [1.807, 2.05) is 0 Å². The number of nitrogens with zero attached hydrogens (tertiary/aromatic N) is 4. The van der Waals surface area contributed by atoms with Gasteiger partial charge < -0.3 is 5.73 Å². The van der Waals surface area contributed by atoms with E-state index in [4.69, 9.17) is 5.73 Å². The summed E-state index contributed by atoms with van der Waals surface area (Å²) in [5.41, 5.74) is 4.93. The van der Waals surface area contributed by atoms with E-state index in [1.165, 1.54) is 17.8 Å². The smallest absolute Gasteiger partial charge is 0.259 e. The first-order chi connectivity index (χ1) is 10.2. The number of tetrazole rings is 1. The average Bonchev–Trinajstić information content (AvgIpc) is 2.82. The molecule has 0 bridgehead atoms. The molecule has 1 heterocycles. The fraction of sp³-hybridized carbons (Fsp3) is 0.182. The van der Waals surface area contributed by atoms with E-state index in [2.05, 4.69) is 20.8 Å². The molecule has 0 spiro atoms. The third kappa shape index (κ3) is 3.09. The molecule has 10 nitrogen and oxygen atoms in total. The zero-order chi connectivity index (χ0) is 16.5. The number of aromatic nitrogens is 4. The fourth-order valence-corrected chi connectivity index (χ4v) is 2.55. The lowest BCUT2D eigenvalue weighted by molar-refractivity contribution is 0.1000. The Kier molecular flexibility index (Phi) is 3.91. The van der Waals surface area contributed by atoms with Crippen LogP contribution in [0.1, 0.15) is 20.7 Å². The number of sulfone groups is 1. The number of carbonyl (C=O) groups excluding carboxylic acids is 2. The lowest BCUT2D eigenvalue weighted by atomic mass is 10.1. The molecule has 2 amide bonds. The predicted octanol–water partition coefficient (Wildman–Crippen LogP) is -1.04. The van der Waals surface area contributed by atoms with Crippen LogP contribution in [0.3, 0.4) is 0 Å². The van der Waals surface area contributed by atoms with E-state index in [1.54, 1.807) is 0 Å². The number of nitrogens with two attached hydrogens (primary N) is 1. The van der Waals surface area contributed by atoms with Crippen molar-refractivity contribution in [2.75, 3.05) is 11.6 Å². The van der Waals surface area contributed by atoms with Crippen LogP contribution in [-0.2, 0) is 16.9 Å². The summed E-state index contributed by atoms with van der Waals surface area (Å²) in [4.78, 5) is 23.3. The zero-order valence-corrected chi connectivity index (χ0v) is 12.5. The Morgan fingerprint density at radius 1 is 1.32 bits per heavy atom. The monoisotopic (exact) mass is 324 g/mol. The van der Waals surface area contributed by atoms with Crippen LogP contribution < -0.4 is 11.1 Å². The number of aryl methyl sites for hydroxylation is 1. The van der Waals surface area contributed by atoms with E-state index >= 15 is 0 Å². The molecule has 0 unspecified atom stereocenters. The molecule has 1 aromatic heterocycles. The van der Waals surface area contributed by atoms with Crippen LogP contribution in [0.2, 0.25) is 0 Å². The van der Waals surface area contributed by atoms with Crippen molar-refractivity contribution in [3.63, 3.8) is 0 Å². The molecule has 0 aliphatic heterocycles. The van der Waals surface area contributed by atoms with Gasteiger partial charge in [0.15, 0.2) is 9.84 Å². The van der Waals surface area contributed by atoms with E-state index < -0.39 is 21.7 Å². The van der Waals surface area contributed by atoms with Crippen molar-refractivity contribution in [1.82, 2.24) is 20.2 Å². The minimum Gasteiger partial charge on any atom is -0.366 e. The average molecular weight is 324 g/mol. The second kappa shape index (κ2) is 5.52. The number of benzene rings is 1. The SMILES string of the molecule is Cn1nnnc1NC(=O)c1cc(C(N)=O)ccc1S(C)(=O)=O. The van der Waals surface area contributed by atoms with Crippen LogP contribution in [0.15, 0.2) is 23.1 Å². The summed E-state index contributed by atoms with van der Waals surface area (Å²) in [6, 6.07) is 3.50. The molecule has 1 aromatic carbocycles. The normalized spacial score (nSPS) is 11.2. The van der Waals surface area contributed by atoms with Crippen LogP contribution in [0.5, 0.6) is 0 Å². The zero-order valence-electron chi connectivity index (χ0n) is 11.6. The largest absolute Gasteiger partial charge is 0.366 e. The van der Waals surface area contributed by atoms with Gasteiger partial charge in [0.1, 0.15) is 0 Å². The topological polar surface area (TPSA) is 150 Å². The van der Waals surface area contributed by atoms with Gasteiger partial charge in [-0.3, -0.25) is 14.9 Å². The third-order valence-electron chi connectivity index (χ3n) is 2.75. The molecule has 0 radical (unpaired) electrons. The van der Waals surface area contributed by atoms with Crippen molar-refractivity contribution < 1.29 is 18.0 Å². The lowest BCUT2D eigenvalue weighted by Gasteiger charge is -2.09. The van der Waals surface area contributed by atoms with Crippen molar-refractivity contribution in [1.29, 1.82) is 0 Å². The number of anilines is 1. The highest BCUT2D eigenvalue weighted by Gasteiger charge is 2.21. The minimum atomic E-state index is -3.68. The quantitative estimate of drug-likeness (QED) is 0.729. The maximum Gasteiger partial charge on any atom is 0.259 e. The number of nitrogens with one attached hydrogen (secondary N) is 1. The van der Waals surface area contributed by atoms with Gasteiger partial charge in [-0.25, -0.2) is 13.1 Å². The molecule has 2 aromatic rings. The van der Waals surface area contributed by atoms with Gasteiger partial charge in [-0.2, -0.15) is 0 Å². The Morgan fingerprint density at radius 3 is 2.50 bits per heavy atom. The van der Waals surface area contributed by atoms with Gasteiger partial charge in [-0.1, -0.05) is 5.10 Å². The number of carbonyl (C=O) groups is 2. The summed E-state index contributed by atoms with van der Waals surface area (Å²) in [5.74, 6) is -1.54. The number of rotatable bonds is 4. The van der Waals surface area contributed by atoms with Gasteiger partial charge in [0, 0.05) is 18.9 Å². The summed E-state index contributed by atoms with van der Waals surface area (Å²) >= 11 is 0. The molecule has 11 heteroatoms. The molecule has 0 aliphatic rings. The molecule has 0 saturated heterocycles. The van der Waals surface area contributed by atoms with Crippen molar-refractivity contribution >= 4 is 27.6 Å². The molecule has 2 rings (SSSR count). The maximum absolute atomic E-state index is 12.3. The van der Waals surface area contributed by atoms with Gasteiger partial charge in [0.25, 0.3) is 5.91 Å². The first-order valence-corrected chi connectivity index (χ1v) is 7.77. The highest BCUT2D eigenvalue weighted by molar-refractivity contribution is 7.90. The fourth-order valence-electron chi connectivity index (χ4n) is 1.69. The summed E-state index contributed by atoms with van der Waals surface area (Å²) in [7, 11) is -2.19. The first-order valence-electron chi connectivity index (χ1n) is 5.88. The second-order valence-corrected chi connectivity index (χ2v) is 6.41. The summed E-state index contributed by atoms with van der Waals surface area (Å²) in [6.07, 6.45) is 0.951. The Balaban J connectivity index is 2.51. The Morgan fingerprint density at radius 2 is 2.00 bits per heavy atom. The van der Waals surface area contributed by atoms with Crippen molar-refractivity contribution in [2.45, 2.75) is 4.90 Å². The molecular weight excluding hydrogens is 312 g/mol. The van der Waals surface area contributed by atoms with E-state index in [9.17, 15) is 18.0 Å². The molecule has 3 N–H and O–H groups in total. The summed E-state index contributed by atoms with van der Waals surface area (Å²) < 4.78 is 24.7. The number of hydrogen-bond acceptors (Lipinski definition) is 7. The third-order valence-corrected chi connectivity index (χ3v) is 3.91. The highest BCUT2D eigenvalue weighted by Crippen LogP contribution is 2.19. The van der Waals surface area contributed by atoms with Crippen molar-refractivity contribution in [2.24, 2.45) is 12.8 Å². The van der Waals surface area contributed by atoms with Crippen LogP contribution >= 0.6 is 0 Å². The van der Waals surface area contributed by atoms with E-state index in [0.717, 1.165) is 18.4 Å². The maximum atomic E-state index is 12.3. The summed E-state index contributed by atoms with van der Waals surface area (Å²) in [6.45, 7) is 0. The second-order valence-electron chi connectivity index (χ2n) is 4.43. The van der Waals surface area contributed by atoms with Gasteiger partial charge >= 0.3 is 0 Å². The molecule has 116 valence electrons. The van der Waals surface area contributed by atoms with Gasteiger partial charge in [-0.15, -0.1) is 0 Å². The van der Waals surface area contributed by atoms with Crippen LogP contribution in [0.25, 0.3) is 0 Å². The Bertz CT molecular complexity index is 857. The summed E-state index contributed by atoms with van der Waals surface area (Å²) in [5, 5.41) is 12.8. The predicted molar refractivity (Wildman–Crippen MR) is 74.8 cm³/mol. The van der Waals surface area contributed by atoms with Crippen molar-refractivity contribution in [3.8, 4) is 0 Å². The standard InChI is InChI=1S/C11H12N6O4S/c1-17-11(14-15-16-17)13-10(19)7-5-6(9(12)18)3-4-8(7)22(2,20)21/h3-5H,1-2H3,(H2,12,18)(H,13,14,16,19). The van der Waals surface area contributed by atoms with Gasteiger partial charge in [0.2, 0.25) is 11.9 Å². The number of hydrogen-bond donors (Lipinski definition) is 2. The minimum absolute atomic E-state index is 0.00800.